The number of amides is 1. The molecule has 10 heteroatoms. The Labute approximate surface area is 234 Å². The Hall–Kier alpha value is -2.95. The minimum Gasteiger partial charge on any atom is -0.462 e. The van der Waals surface area contributed by atoms with Crippen molar-refractivity contribution in [1.82, 2.24) is 14.8 Å². The lowest BCUT2D eigenvalue weighted by Crippen LogP contribution is -2.17. The quantitative estimate of drug-likeness (QED) is 0.172. The van der Waals surface area contributed by atoms with Gasteiger partial charge in [-0.25, -0.2) is 4.79 Å². The van der Waals surface area contributed by atoms with Gasteiger partial charge in [-0.3, -0.25) is 9.36 Å². The molecular formula is C28H30N4O3S3. The van der Waals surface area contributed by atoms with Gasteiger partial charge in [-0.15, -0.1) is 32.9 Å². The molecule has 0 aliphatic heterocycles. The number of ether oxygens (including phenoxy) is 1. The Morgan fingerprint density at radius 1 is 1.08 bits per heavy atom. The summed E-state index contributed by atoms with van der Waals surface area (Å²) in [6.45, 7) is 6.25. The first-order valence-electron chi connectivity index (χ1n) is 12.8. The lowest BCUT2D eigenvalue weighted by atomic mass is 9.95. The molecule has 198 valence electrons. The molecule has 0 fully saturated rings. The number of anilines is 1. The second kappa shape index (κ2) is 11.8. The van der Waals surface area contributed by atoms with Crippen LogP contribution in [-0.2, 0) is 22.4 Å². The third-order valence-electron chi connectivity index (χ3n) is 6.42. The number of thiophene rings is 2. The predicted molar refractivity (Wildman–Crippen MR) is 155 cm³/mol. The molecule has 0 bridgehead atoms. The number of hydrogen-bond acceptors (Lipinski definition) is 8. The number of esters is 1. The molecule has 0 atom stereocenters. The monoisotopic (exact) mass is 566 g/mol. The SMILES string of the molecule is CCOC(=O)c1c(-c2ccccc2)csc1NC(=O)CSc1nnc(-c2csc3c2CCCC3)n1C(C)C. The zero-order valence-corrected chi connectivity index (χ0v) is 24.1. The largest absolute Gasteiger partial charge is 0.462 e. The highest BCUT2D eigenvalue weighted by Gasteiger charge is 2.25. The van der Waals surface area contributed by atoms with Crippen molar-refractivity contribution in [3.05, 3.63) is 57.1 Å². The van der Waals surface area contributed by atoms with E-state index in [4.69, 9.17) is 4.74 Å². The molecule has 5 rings (SSSR count). The molecule has 1 N–H and O–H groups in total. The van der Waals surface area contributed by atoms with Crippen LogP contribution in [-0.4, -0.2) is 39.0 Å². The fourth-order valence-corrected chi connectivity index (χ4v) is 7.65. The van der Waals surface area contributed by atoms with Crippen molar-refractivity contribution in [2.24, 2.45) is 0 Å². The number of nitrogens with zero attached hydrogens (tertiary/aromatic N) is 3. The third kappa shape index (κ3) is 5.43. The van der Waals surface area contributed by atoms with Crippen LogP contribution in [0.15, 0.2) is 46.2 Å². The standard InChI is InChI=1S/C28H30N4O3S3/c1-4-35-27(34)24-20(18-10-6-5-7-11-18)14-37-26(24)29-23(33)16-38-28-31-30-25(32(28)17(2)3)21-15-36-22-13-9-8-12-19(21)22/h5-7,10-11,14-15,17H,4,8-9,12-13,16H2,1-3H3,(H,29,33). The summed E-state index contributed by atoms with van der Waals surface area (Å²) < 4.78 is 7.43. The molecule has 1 aliphatic rings. The Morgan fingerprint density at radius 3 is 2.61 bits per heavy atom. The van der Waals surface area contributed by atoms with Crippen LogP contribution in [0.2, 0.25) is 0 Å². The molecule has 3 heterocycles. The molecular weight excluding hydrogens is 537 g/mol. The molecule has 38 heavy (non-hydrogen) atoms. The second-order valence-corrected chi connectivity index (χ2v) is 12.1. The van der Waals surface area contributed by atoms with Crippen LogP contribution in [0.5, 0.6) is 0 Å². The lowest BCUT2D eigenvalue weighted by Gasteiger charge is -2.16. The smallest absolute Gasteiger partial charge is 0.341 e. The first-order chi connectivity index (χ1) is 18.5. The zero-order chi connectivity index (χ0) is 26.6. The Balaban J connectivity index is 1.34. The van der Waals surface area contributed by atoms with E-state index in [9.17, 15) is 9.59 Å². The van der Waals surface area contributed by atoms with Crippen molar-refractivity contribution in [1.29, 1.82) is 0 Å². The van der Waals surface area contributed by atoms with E-state index in [1.54, 1.807) is 6.92 Å². The highest BCUT2D eigenvalue weighted by Crippen LogP contribution is 2.39. The number of thioether (sulfide) groups is 1. The summed E-state index contributed by atoms with van der Waals surface area (Å²) in [7, 11) is 0. The zero-order valence-electron chi connectivity index (χ0n) is 21.7. The number of aromatic nitrogens is 3. The molecule has 1 aromatic carbocycles. The van der Waals surface area contributed by atoms with E-state index >= 15 is 0 Å². The molecule has 0 saturated heterocycles. The number of rotatable bonds is 9. The molecule has 7 nitrogen and oxygen atoms in total. The number of carbonyl (C=O) groups excluding carboxylic acids is 2. The Bertz CT molecular complexity index is 1440. The molecule has 4 aromatic rings. The van der Waals surface area contributed by atoms with E-state index in [1.165, 1.54) is 51.9 Å². The molecule has 0 unspecified atom stereocenters. The number of aryl methyl sites for hydroxylation is 1. The van der Waals surface area contributed by atoms with Crippen molar-refractivity contribution in [3.63, 3.8) is 0 Å². The van der Waals surface area contributed by atoms with Crippen LogP contribution in [0.25, 0.3) is 22.5 Å². The van der Waals surface area contributed by atoms with E-state index in [2.05, 4.69) is 39.3 Å². The molecule has 0 saturated carbocycles. The number of fused-ring (bicyclic) bond motifs is 1. The van der Waals surface area contributed by atoms with Crippen molar-refractivity contribution in [3.8, 4) is 22.5 Å². The normalized spacial score (nSPS) is 12.9. The highest BCUT2D eigenvalue weighted by molar-refractivity contribution is 7.99. The van der Waals surface area contributed by atoms with Gasteiger partial charge < -0.3 is 10.1 Å². The van der Waals surface area contributed by atoms with Crippen LogP contribution >= 0.6 is 34.4 Å². The van der Waals surface area contributed by atoms with Gasteiger partial charge in [-0.05, 0) is 57.6 Å². The number of nitrogens with one attached hydrogen (secondary N) is 1. The summed E-state index contributed by atoms with van der Waals surface area (Å²) in [6, 6.07) is 9.78. The molecule has 0 radical (unpaired) electrons. The van der Waals surface area contributed by atoms with Crippen molar-refractivity contribution in [2.75, 3.05) is 17.7 Å². The predicted octanol–water partition coefficient (Wildman–Crippen LogP) is 7.10. The van der Waals surface area contributed by atoms with E-state index < -0.39 is 5.97 Å². The summed E-state index contributed by atoms with van der Waals surface area (Å²) in [4.78, 5) is 27.3. The van der Waals surface area contributed by atoms with Gasteiger partial charge in [-0.1, -0.05) is 42.1 Å². The summed E-state index contributed by atoms with van der Waals surface area (Å²) in [6.07, 6.45) is 4.67. The fourth-order valence-electron chi connectivity index (χ4n) is 4.68. The van der Waals surface area contributed by atoms with E-state index in [0.29, 0.717) is 15.7 Å². The van der Waals surface area contributed by atoms with Crippen LogP contribution < -0.4 is 5.32 Å². The summed E-state index contributed by atoms with van der Waals surface area (Å²) in [5.41, 5.74) is 4.61. The maximum Gasteiger partial charge on any atom is 0.341 e. The van der Waals surface area contributed by atoms with Gasteiger partial charge in [0, 0.05) is 32.8 Å². The van der Waals surface area contributed by atoms with Gasteiger partial charge in [-0.2, -0.15) is 0 Å². The van der Waals surface area contributed by atoms with Gasteiger partial charge in [0.25, 0.3) is 0 Å². The van der Waals surface area contributed by atoms with Gasteiger partial charge in [0.05, 0.1) is 12.4 Å². The van der Waals surface area contributed by atoms with Gasteiger partial charge in [0.2, 0.25) is 5.91 Å². The first-order valence-corrected chi connectivity index (χ1v) is 15.5. The maximum absolute atomic E-state index is 13.0. The highest BCUT2D eigenvalue weighted by atomic mass is 32.2. The van der Waals surface area contributed by atoms with Crippen molar-refractivity contribution >= 4 is 51.3 Å². The number of benzene rings is 1. The van der Waals surface area contributed by atoms with Crippen LogP contribution in [0.1, 0.15) is 60.5 Å². The Morgan fingerprint density at radius 2 is 1.84 bits per heavy atom. The summed E-state index contributed by atoms with van der Waals surface area (Å²) in [5.74, 6) is 0.360. The average Bonchev–Trinajstić information content (AvgIpc) is 3.64. The molecule has 1 aliphatic carbocycles. The van der Waals surface area contributed by atoms with Crippen molar-refractivity contribution < 1.29 is 14.3 Å². The van der Waals surface area contributed by atoms with Gasteiger partial charge >= 0.3 is 5.97 Å². The minimum atomic E-state index is -0.446. The van der Waals surface area contributed by atoms with Gasteiger partial charge in [0.1, 0.15) is 10.6 Å². The molecule has 1 amide bonds. The first kappa shape index (κ1) is 26.6. The van der Waals surface area contributed by atoms with Gasteiger partial charge in [0.15, 0.2) is 11.0 Å². The van der Waals surface area contributed by atoms with E-state index in [-0.39, 0.29) is 24.3 Å². The Kier molecular flexibility index (Phi) is 8.30. The molecule has 3 aromatic heterocycles. The fraction of sp³-hybridized carbons (Fsp3) is 0.357. The van der Waals surface area contributed by atoms with Crippen LogP contribution in [0, 0.1) is 0 Å². The minimum absolute atomic E-state index is 0.144. The number of carbonyl (C=O) groups is 2. The lowest BCUT2D eigenvalue weighted by molar-refractivity contribution is -0.113. The maximum atomic E-state index is 13.0. The third-order valence-corrected chi connectivity index (χ3v) is 9.35. The number of hydrogen-bond donors (Lipinski definition) is 1. The van der Waals surface area contributed by atoms with E-state index in [0.717, 1.165) is 29.8 Å². The second-order valence-electron chi connectivity index (χ2n) is 9.30. The molecule has 0 spiro atoms. The van der Waals surface area contributed by atoms with Crippen LogP contribution in [0.4, 0.5) is 5.00 Å². The summed E-state index contributed by atoms with van der Waals surface area (Å²) >= 11 is 4.49. The summed E-state index contributed by atoms with van der Waals surface area (Å²) in [5, 5.41) is 17.2. The van der Waals surface area contributed by atoms with Crippen LogP contribution in [0.3, 0.4) is 0 Å². The van der Waals surface area contributed by atoms with Crippen molar-refractivity contribution in [2.45, 2.75) is 57.7 Å². The van der Waals surface area contributed by atoms with E-state index in [1.807, 2.05) is 47.0 Å². The average molecular weight is 567 g/mol. The topological polar surface area (TPSA) is 86.1 Å².